The quantitative estimate of drug-likeness (QED) is 0.0150. The lowest BCUT2D eigenvalue weighted by Crippen LogP contribution is -2.61. The fourth-order valence-electron chi connectivity index (χ4n) is 13.1. The number of carbonyl (C=O) groups is 15. The van der Waals surface area contributed by atoms with Gasteiger partial charge in [0.25, 0.3) is 0 Å². The van der Waals surface area contributed by atoms with Crippen LogP contribution in [0, 0.1) is 5.92 Å². The second kappa shape index (κ2) is 38.0. The maximum atomic E-state index is 14.6. The number of carboxylic acid groups (broad SMARTS) is 2. The van der Waals surface area contributed by atoms with E-state index in [4.69, 9.17) is 33.2 Å². The zero-order chi connectivity index (χ0) is 80.3. The predicted molar refractivity (Wildman–Crippen MR) is 394 cm³/mol. The Morgan fingerprint density at radius 2 is 1.26 bits per heavy atom. The molecule has 4 aliphatic heterocycles. The molecule has 0 aliphatic carbocycles. The molecule has 35 nitrogen and oxygen atoms in total. The molecular formula is C74H90N14O21S. The fraction of sp³-hybridized carbons (Fsp3) is 0.432. The minimum absolute atomic E-state index is 0.0155. The van der Waals surface area contributed by atoms with Crippen molar-refractivity contribution >= 4 is 112 Å². The Morgan fingerprint density at radius 3 is 1.88 bits per heavy atom. The zero-order valence-corrected chi connectivity index (χ0v) is 61.5. The van der Waals surface area contributed by atoms with Gasteiger partial charge in [-0.1, -0.05) is 62.4 Å². The number of nitrogens with zero attached hydrogens (tertiary/aromatic N) is 1. The van der Waals surface area contributed by atoms with Crippen LogP contribution in [0.25, 0.3) is 0 Å². The standard InChI is InChI=1S/C74H90N14O21S/c1-37(2)61(79-39(4)89)71(106)88-30-14-20-55(88)70(105)84-50-19-11-6-5-10-18-49(82-68(103)52(31-40-15-8-7-9-16-40)86-66(101)51(83-64(50)99)27-28-58(75)92)65(100)87-53(35-59(93)94)67(102)78-38(3)63(98)85-54(36-60(95)96)69(104)81-48(62(76)97)17-12-13-29-77-73(110)80-41-21-24-45-44(32-41)72(107)109-74(45)46-25-22-42(90)33-56(46)108-57-34-43(91)23-26-47(57)74/h5-9,15-16,21-26,32-34,37-38,48-55,61,90-91H,10-14,17-20,27-31,35-36H2,1-4H3,(H2,75,92)(H2,76,97)(H,78,102)(H,79,89)(H,81,104)(H,82,103)(H,83,99)(H,84,105)(H,85,98)(H,86,101)(H,87,100)(H,93,94)(H,95,96)(H2,77,80,110)/b6-5+/t38-,48-,49-,50-,51-,52-,53-,54-,55-,61-/m0/s1. The number of fused-ring (bicyclic) bond motifs is 6. The number of aliphatic carboxylic acids is 2. The molecule has 110 heavy (non-hydrogen) atoms. The van der Waals surface area contributed by atoms with Crippen LogP contribution in [0.5, 0.6) is 23.0 Å². The number of unbranched alkanes of at least 4 members (excludes halogenated alkanes) is 1. The number of allylic oxidation sites excluding steroid dienone is 2. The second-order valence-corrected chi connectivity index (χ2v) is 27.8. The summed E-state index contributed by atoms with van der Waals surface area (Å²) in [5.74, 6) is -15.2. The first-order valence-electron chi connectivity index (χ1n) is 35.7. The van der Waals surface area contributed by atoms with E-state index in [1.807, 2.05) is 0 Å². The summed E-state index contributed by atoms with van der Waals surface area (Å²) >= 11 is 5.52. The van der Waals surface area contributed by atoms with Crippen molar-refractivity contribution in [1.82, 2.24) is 58.1 Å². The van der Waals surface area contributed by atoms with E-state index in [-0.39, 0.29) is 104 Å². The molecule has 0 radical (unpaired) electrons. The lowest BCUT2D eigenvalue weighted by molar-refractivity contribution is -0.143. The number of nitrogens with two attached hydrogens (primary N) is 2. The number of nitrogens with one attached hydrogen (secondary N) is 11. The lowest BCUT2D eigenvalue weighted by atomic mass is 9.77. The first-order valence-corrected chi connectivity index (χ1v) is 36.1. The van der Waals surface area contributed by atoms with Gasteiger partial charge in [-0.3, -0.25) is 67.1 Å². The lowest BCUT2D eigenvalue weighted by Gasteiger charge is -2.36. The van der Waals surface area contributed by atoms with Gasteiger partial charge in [0.2, 0.25) is 70.9 Å². The fourth-order valence-corrected chi connectivity index (χ4v) is 13.3. The Labute approximate surface area is 636 Å². The number of amides is 12. The van der Waals surface area contributed by atoms with Crippen molar-refractivity contribution in [3.05, 3.63) is 125 Å². The summed E-state index contributed by atoms with van der Waals surface area (Å²) in [6, 6.07) is 6.74. The van der Waals surface area contributed by atoms with Gasteiger partial charge in [0.15, 0.2) is 10.7 Å². The van der Waals surface area contributed by atoms with Gasteiger partial charge in [-0.05, 0) is 131 Å². The van der Waals surface area contributed by atoms with Crippen molar-refractivity contribution in [2.24, 2.45) is 17.4 Å². The Morgan fingerprint density at radius 1 is 0.664 bits per heavy atom. The Bertz CT molecular complexity index is 4200. The molecule has 4 aromatic carbocycles. The maximum absolute atomic E-state index is 14.6. The summed E-state index contributed by atoms with van der Waals surface area (Å²) in [7, 11) is 0. The van der Waals surface area contributed by atoms with Crippen LogP contribution in [-0.4, -0.2) is 193 Å². The van der Waals surface area contributed by atoms with Crippen LogP contribution in [-0.2, 0) is 83.9 Å². The minimum atomic E-state index is -1.99. The summed E-state index contributed by atoms with van der Waals surface area (Å²) in [6.07, 6.45) is 0.685. The molecule has 588 valence electrons. The Hall–Kier alpha value is -12.2. The molecule has 19 N–H and O–H groups in total. The van der Waals surface area contributed by atoms with Crippen LogP contribution in [0.15, 0.2) is 97.1 Å². The molecule has 0 bridgehead atoms. The van der Waals surface area contributed by atoms with Gasteiger partial charge in [-0.15, -0.1) is 0 Å². The van der Waals surface area contributed by atoms with E-state index in [1.165, 1.54) is 36.1 Å². The maximum Gasteiger partial charge on any atom is 0.340 e. The van der Waals surface area contributed by atoms with Crippen molar-refractivity contribution in [2.45, 2.75) is 184 Å². The van der Waals surface area contributed by atoms with Crippen LogP contribution < -0.4 is 74.7 Å². The number of rotatable bonds is 29. The third-order valence-corrected chi connectivity index (χ3v) is 19.0. The number of phenolic OH excluding ortho intramolecular Hbond substituents is 2. The van der Waals surface area contributed by atoms with Gasteiger partial charge in [-0.2, -0.15) is 0 Å². The van der Waals surface area contributed by atoms with Gasteiger partial charge < -0.3 is 105 Å². The number of aromatic hydroxyl groups is 2. The molecular weight excluding hydrogens is 1450 g/mol. The predicted octanol–water partition coefficient (Wildman–Crippen LogP) is 0.246. The average Bonchev–Trinajstić information content (AvgIpc) is 1.49. The second-order valence-electron chi connectivity index (χ2n) is 27.4. The van der Waals surface area contributed by atoms with Crippen molar-refractivity contribution in [3.8, 4) is 23.0 Å². The normalized spacial score (nSPS) is 19.6. The SMILES string of the molecule is CC(=O)N[C@H](C(=O)N1CCC[C@H]1C(=O)N[C@H]1CC/C=C/CC[C@@H](C(=O)N[C@@H](CC(=O)O)C(=O)N[C@@H](C)C(=O)N[C@@H](CC(=O)O)C(=O)N[C@@H](CCCCNC(=S)Nc2ccc3c(c2)C(=O)OC32c3ccc(O)cc3Oc3cc(O)ccc32)C(N)=O)NC(=O)[C@H](Cc2ccccc2)NC(=O)[C@H](CCC(N)=O)NC1=O)C(C)C. The zero-order valence-electron chi connectivity index (χ0n) is 60.6. The van der Waals surface area contributed by atoms with Crippen molar-refractivity contribution < 1.29 is 102 Å². The van der Waals surface area contributed by atoms with Crippen LogP contribution in [0.2, 0.25) is 0 Å². The molecule has 1 saturated heterocycles. The Kier molecular flexibility index (Phi) is 28.8. The van der Waals surface area contributed by atoms with Gasteiger partial charge >= 0.3 is 17.9 Å². The first-order chi connectivity index (χ1) is 52.2. The van der Waals surface area contributed by atoms with Crippen LogP contribution in [0.4, 0.5) is 5.69 Å². The number of hydrogen-bond acceptors (Lipinski definition) is 20. The summed E-state index contributed by atoms with van der Waals surface area (Å²) in [4.78, 5) is 204. The van der Waals surface area contributed by atoms with E-state index in [1.54, 1.807) is 86.7 Å². The molecule has 1 fully saturated rings. The number of benzene rings is 4. The number of primary amides is 2. The van der Waals surface area contributed by atoms with E-state index in [0.717, 1.165) is 6.92 Å². The highest BCUT2D eigenvalue weighted by Gasteiger charge is 2.54. The van der Waals surface area contributed by atoms with Crippen LogP contribution in [0.3, 0.4) is 0 Å². The summed E-state index contributed by atoms with van der Waals surface area (Å²) < 4.78 is 12.1. The third-order valence-electron chi connectivity index (χ3n) is 18.7. The molecule has 36 heteroatoms. The summed E-state index contributed by atoms with van der Waals surface area (Å²) in [6.45, 7) is 6.19. The number of esters is 1. The number of phenols is 2. The molecule has 12 amide bonds. The molecule has 1 spiro atoms. The van der Waals surface area contributed by atoms with Gasteiger partial charge in [-0.25, -0.2) is 4.79 Å². The van der Waals surface area contributed by atoms with E-state index >= 15 is 0 Å². The van der Waals surface area contributed by atoms with E-state index in [9.17, 15) is 92.3 Å². The van der Waals surface area contributed by atoms with Gasteiger partial charge in [0.05, 0.1) is 18.4 Å². The smallest absolute Gasteiger partial charge is 0.340 e. The average molecular weight is 1540 g/mol. The van der Waals surface area contributed by atoms with Crippen molar-refractivity contribution in [1.29, 1.82) is 0 Å². The number of hydrogen-bond donors (Lipinski definition) is 17. The van der Waals surface area contributed by atoms with Gasteiger partial charge in [0.1, 0.15) is 83.4 Å². The van der Waals surface area contributed by atoms with Crippen molar-refractivity contribution in [3.63, 3.8) is 0 Å². The third kappa shape index (κ3) is 22.0. The number of thiocarbonyl (C=S) groups is 1. The highest BCUT2D eigenvalue weighted by molar-refractivity contribution is 7.80. The number of carbonyl (C=O) groups excluding carboxylic acids is 13. The van der Waals surface area contributed by atoms with Crippen molar-refractivity contribution in [2.75, 3.05) is 18.4 Å². The highest BCUT2D eigenvalue weighted by Crippen LogP contribution is 2.57. The largest absolute Gasteiger partial charge is 0.508 e. The van der Waals surface area contributed by atoms with E-state index in [2.05, 4.69) is 58.5 Å². The molecule has 8 rings (SSSR count). The number of ether oxygens (including phenoxy) is 2. The van der Waals surface area contributed by atoms with E-state index in [0.29, 0.717) is 40.8 Å². The monoisotopic (exact) mass is 1540 g/mol. The molecule has 0 saturated carbocycles. The van der Waals surface area contributed by atoms with E-state index < -0.39 is 180 Å². The summed E-state index contributed by atoms with van der Waals surface area (Å²) in [5.41, 5.74) is 12.1. The summed E-state index contributed by atoms with van der Waals surface area (Å²) in [5, 5.41) is 68.7. The minimum Gasteiger partial charge on any atom is -0.508 e. The van der Waals surface area contributed by atoms with Crippen LogP contribution in [0.1, 0.15) is 144 Å². The molecule has 0 aromatic heterocycles. The number of anilines is 1. The highest BCUT2D eigenvalue weighted by atomic mass is 32.1. The first kappa shape index (κ1) is 83.4. The molecule has 4 heterocycles. The van der Waals surface area contributed by atoms with Crippen LogP contribution >= 0.6 is 12.2 Å². The molecule has 0 unspecified atom stereocenters. The molecule has 4 aliphatic rings. The van der Waals surface area contributed by atoms with Gasteiger partial charge in [0, 0.05) is 67.4 Å². The topological polar surface area (TPSA) is 543 Å². The number of carboxylic acids is 2. The molecule has 10 atom stereocenters. The molecule has 4 aromatic rings. The Balaban J connectivity index is 0.888. The number of likely N-dealkylation sites (tertiary alicyclic amines) is 1.